The minimum absolute atomic E-state index is 0. The highest BCUT2D eigenvalue weighted by Gasteiger charge is 2.17. The quantitative estimate of drug-likeness (QED) is 0.947. The van der Waals surface area contributed by atoms with Gasteiger partial charge in [0.05, 0.1) is 6.54 Å². The van der Waals surface area contributed by atoms with Crippen LogP contribution in [0.1, 0.15) is 27.4 Å². The van der Waals surface area contributed by atoms with Gasteiger partial charge in [0.25, 0.3) is 5.91 Å². The number of rotatable bonds is 3. The maximum atomic E-state index is 12.4. The summed E-state index contributed by atoms with van der Waals surface area (Å²) in [5, 5.41) is 7.20. The van der Waals surface area contributed by atoms with E-state index in [-0.39, 0.29) is 18.3 Å². The van der Waals surface area contributed by atoms with Crippen molar-refractivity contribution in [1.29, 1.82) is 0 Å². The van der Waals surface area contributed by atoms with Crippen LogP contribution in [-0.4, -0.2) is 29.6 Å². The maximum absolute atomic E-state index is 12.4. The third kappa shape index (κ3) is 3.19. The number of aromatic nitrogens is 1. The minimum Gasteiger partial charge on any atom is -0.384 e. The van der Waals surface area contributed by atoms with Crippen molar-refractivity contribution in [2.45, 2.75) is 19.9 Å². The van der Waals surface area contributed by atoms with Crippen LogP contribution in [0.15, 0.2) is 28.8 Å². The summed E-state index contributed by atoms with van der Waals surface area (Å²) < 4.78 is 5.02. The largest absolute Gasteiger partial charge is 0.384 e. The number of nitrogens with one attached hydrogen (secondary N) is 1. The van der Waals surface area contributed by atoms with Crippen LogP contribution in [0.2, 0.25) is 0 Å². The number of hydrogen-bond donors (Lipinski definition) is 1. The van der Waals surface area contributed by atoms with Crippen molar-refractivity contribution in [2.75, 3.05) is 18.9 Å². The lowest BCUT2D eigenvalue weighted by Gasteiger charge is -2.16. The van der Waals surface area contributed by atoms with Gasteiger partial charge in [-0.1, -0.05) is 5.16 Å². The molecule has 1 aliphatic heterocycles. The Hall–Kier alpha value is -2.01. The molecular formula is C15H18ClN3O2. The molecule has 0 spiro atoms. The van der Waals surface area contributed by atoms with Crippen molar-refractivity contribution in [1.82, 2.24) is 10.1 Å². The zero-order valence-electron chi connectivity index (χ0n) is 12.0. The van der Waals surface area contributed by atoms with Crippen molar-refractivity contribution in [3.63, 3.8) is 0 Å². The summed E-state index contributed by atoms with van der Waals surface area (Å²) in [6.45, 7) is 3.23. The van der Waals surface area contributed by atoms with Crippen molar-refractivity contribution in [3.05, 3.63) is 46.8 Å². The van der Waals surface area contributed by atoms with Crippen LogP contribution in [0.25, 0.3) is 0 Å². The fourth-order valence-electron chi connectivity index (χ4n) is 2.47. The van der Waals surface area contributed by atoms with Gasteiger partial charge in [-0.25, -0.2) is 0 Å². The number of carbonyl (C=O) groups excluding carboxylic acids is 1. The molecule has 0 radical (unpaired) electrons. The molecule has 0 saturated heterocycles. The predicted octanol–water partition coefficient (Wildman–Crippen LogP) is 2.65. The van der Waals surface area contributed by atoms with E-state index < -0.39 is 0 Å². The van der Waals surface area contributed by atoms with Crippen LogP contribution in [-0.2, 0) is 13.0 Å². The number of fused-ring (bicyclic) bond motifs is 1. The van der Waals surface area contributed by atoms with E-state index in [1.807, 2.05) is 31.2 Å². The number of aryl methyl sites for hydroxylation is 1. The SMILES string of the molecule is Cc1cc(CN(C)C(=O)c2ccc3c(c2)CCN3)no1.Cl. The molecule has 2 heterocycles. The molecule has 0 aliphatic carbocycles. The van der Waals surface area contributed by atoms with Gasteiger partial charge in [0.1, 0.15) is 11.5 Å². The number of benzene rings is 1. The standard InChI is InChI=1S/C15H17N3O2.ClH/c1-10-7-13(17-20-10)9-18(2)15(19)12-3-4-14-11(8-12)5-6-16-14;/h3-4,7-8,16H,5-6,9H2,1-2H3;1H. The highest BCUT2D eigenvalue weighted by atomic mass is 35.5. The minimum atomic E-state index is 0. The Bertz CT molecular complexity index is 654. The molecule has 5 nitrogen and oxygen atoms in total. The van der Waals surface area contributed by atoms with Gasteiger partial charge in [0.15, 0.2) is 0 Å². The number of halogens is 1. The van der Waals surface area contributed by atoms with Crippen LogP contribution >= 0.6 is 12.4 Å². The van der Waals surface area contributed by atoms with E-state index in [1.165, 1.54) is 5.56 Å². The van der Waals surface area contributed by atoms with Crippen molar-refractivity contribution < 1.29 is 9.32 Å². The molecule has 1 aromatic carbocycles. The van der Waals surface area contributed by atoms with Gasteiger partial charge in [-0.2, -0.15) is 0 Å². The van der Waals surface area contributed by atoms with E-state index in [4.69, 9.17) is 4.52 Å². The second-order valence-corrected chi connectivity index (χ2v) is 5.14. The Morgan fingerprint density at radius 1 is 1.43 bits per heavy atom. The molecule has 112 valence electrons. The molecule has 6 heteroatoms. The molecule has 21 heavy (non-hydrogen) atoms. The van der Waals surface area contributed by atoms with E-state index in [2.05, 4.69) is 10.5 Å². The van der Waals surface area contributed by atoms with Gasteiger partial charge in [-0.05, 0) is 37.1 Å². The van der Waals surface area contributed by atoms with Gasteiger partial charge in [-0.3, -0.25) is 4.79 Å². The first-order chi connectivity index (χ1) is 9.63. The molecule has 1 N–H and O–H groups in total. The molecule has 2 aromatic rings. The summed E-state index contributed by atoms with van der Waals surface area (Å²) in [6.07, 6.45) is 0.975. The third-order valence-corrected chi connectivity index (χ3v) is 3.48. The number of amides is 1. The van der Waals surface area contributed by atoms with Crippen LogP contribution < -0.4 is 5.32 Å². The molecular weight excluding hydrogens is 290 g/mol. The van der Waals surface area contributed by atoms with Crippen molar-refractivity contribution in [3.8, 4) is 0 Å². The monoisotopic (exact) mass is 307 g/mol. The van der Waals surface area contributed by atoms with E-state index in [1.54, 1.807) is 11.9 Å². The lowest BCUT2D eigenvalue weighted by atomic mass is 10.1. The summed E-state index contributed by atoms with van der Waals surface area (Å²) in [5.41, 5.74) is 3.83. The van der Waals surface area contributed by atoms with Crippen molar-refractivity contribution in [2.24, 2.45) is 0 Å². The van der Waals surface area contributed by atoms with Gasteiger partial charge >= 0.3 is 0 Å². The van der Waals surface area contributed by atoms with E-state index in [9.17, 15) is 4.79 Å². The molecule has 3 rings (SSSR count). The first-order valence-corrected chi connectivity index (χ1v) is 6.68. The normalized spacial score (nSPS) is 12.3. The number of carbonyl (C=O) groups is 1. The van der Waals surface area contributed by atoms with E-state index >= 15 is 0 Å². The maximum Gasteiger partial charge on any atom is 0.253 e. The van der Waals surface area contributed by atoms with E-state index in [0.717, 1.165) is 35.7 Å². The summed E-state index contributed by atoms with van der Waals surface area (Å²) in [7, 11) is 1.78. The van der Waals surface area contributed by atoms with Crippen LogP contribution in [0, 0.1) is 6.92 Å². The Morgan fingerprint density at radius 3 is 2.95 bits per heavy atom. The third-order valence-electron chi connectivity index (χ3n) is 3.48. The summed E-state index contributed by atoms with van der Waals surface area (Å²) >= 11 is 0. The number of anilines is 1. The molecule has 0 fully saturated rings. The Kier molecular flexibility index (Phi) is 4.53. The predicted molar refractivity (Wildman–Crippen MR) is 82.9 cm³/mol. The molecule has 0 saturated carbocycles. The second kappa shape index (κ2) is 6.18. The fraction of sp³-hybridized carbons (Fsp3) is 0.333. The Labute approximate surface area is 129 Å². The van der Waals surface area contributed by atoms with Crippen molar-refractivity contribution >= 4 is 24.0 Å². The van der Waals surface area contributed by atoms with E-state index in [0.29, 0.717) is 6.54 Å². The van der Waals surface area contributed by atoms with Crippen LogP contribution in [0.4, 0.5) is 5.69 Å². The fourth-order valence-corrected chi connectivity index (χ4v) is 2.47. The van der Waals surface area contributed by atoms with Gasteiger partial charge in [0.2, 0.25) is 0 Å². The molecule has 0 bridgehead atoms. The molecule has 1 aromatic heterocycles. The Balaban J connectivity index is 0.00000161. The summed E-state index contributed by atoms with van der Waals surface area (Å²) in [4.78, 5) is 14.1. The molecule has 1 aliphatic rings. The van der Waals surface area contributed by atoms with Gasteiger partial charge in [-0.15, -0.1) is 12.4 Å². The van der Waals surface area contributed by atoms with Gasteiger partial charge < -0.3 is 14.7 Å². The average Bonchev–Trinajstić information content (AvgIpc) is 3.05. The summed E-state index contributed by atoms with van der Waals surface area (Å²) in [5.74, 6) is 0.754. The smallest absolute Gasteiger partial charge is 0.253 e. The first kappa shape index (κ1) is 15.4. The lowest BCUT2D eigenvalue weighted by Crippen LogP contribution is -2.26. The zero-order chi connectivity index (χ0) is 14.1. The van der Waals surface area contributed by atoms with Crippen LogP contribution in [0.5, 0.6) is 0 Å². The first-order valence-electron chi connectivity index (χ1n) is 6.68. The van der Waals surface area contributed by atoms with Crippen LogP contribution in [0.3, 0.4) is 0 Å². The molecule has 1 amide bonds. The Morgan fingerprint density at radius 2 is 2.24 bits per heavy atom. The second-order valence-electron chi connectivity index (χ2n) is 5.14. The van der Waals surface area contributed by atoms with Gasteiger partial charge in [0, 0.05) is 30.9 Å². The summed E-state index contributed by atoms with van der Waals surface area (Å²) in [6, 6.07) is 7.66. The topological polar surface area (TPSA) is 58.4 Å². The highest BCUT2D eigenvalue weighted by molar-refractivity contribution is 5.94. The lowest BCUT2D eigenvalue weighted by molar-refractivity contribution is 0.0782. The average molecular weight is 308 g/mol. The highest BCUT2D eigenvalue weighted by Crippen LogP contribution is 2.23. The molecule has 0 atom stereocenters. The number of hydrogen-bond acceptors (Lipinski definition) is 4. The zero-order valence-corrected chi connectivity index (χ0v) is 12.9. The molecule has 0 unspecified atom stereocenters. The number of nitrogens with zero attached hydrogens (tertiary/aromatic N) is 2.